The summed E-state index contributed by atoms with van der Waals surface area (Å²) in [6.07, 6.45) is -0.971. The van der Waals surface area contributed by atoms with Crippen molar-refractivity contribution in [2.45, 2.75) is 24.7 Å². The Morgan fingerprint density at radius 1 is 0.861 bits per heavy atom. The third kappa shape index (κ3) is 3.77. The van der Waals surface area contributed by atoms with Crippen molar-refractivity contribution in [1.82, 2.24) is 4.90 Å². The SMILES string of the molecule is COc1ccc(C2=C3CC(C#Cc4ccccc4)=C3CN3C(=O)[C@H](Oc4ccccc4)[C@@H]3[C@@H]2O)cc1. The van der Waals surface area contributed by atoms with Gasteiger partial charge in [0.15, 0.2) is 6.10 Å². The molecule has 3 aromatic rings. The summed E-state index contributed by atoms with van der Waals surface area (Å²) < 4.78 is 11.4. The van der Waals surface area contributed by atoms with Crippen molar-refractivity contribution in [2.24, 2.45) is 0 Å². The van der Waals surface area contributed by atoms with Crippen LogP contribution in [0.4, 0.5) is 0 Å². The molecule has 0 radical (unpaired) electrons. The summed E-state index contributed by atoms with van der Waals surface area (Å²) in [7, 11) is 1.63. The lowest BCUT2D eigenvalue weighted by molar-refractivity contribution is -0.168. The Morgan fingerprint density at radius 2 is 1.56 bits per heavy atom. The van der Waals surface area contributed by atoms with Gasteiger partial charge in [0.25, 0.3) is 5.91 Å². The van der Waals surface area contributed by atoms with Crippen molar-refractivity contribution < 1.29 is 19.4 Å². The highest BCUT2D eigenvalue weighted by atomic mass is 16.5. The second-order valence-corrected chi connectivity index (χ2v) is 9.12. The quantitative estimate of drug-likeness (QED) is 0.453. The van der Waals surface area contributed by atoms with Crippen LogP contribution >= 0.6 is 0 Å². The van der Waals surface area contributed by atoms with Crippen LogP contribution in [-0.4, -0.2) is 47.8 Å². The Morgan fingerprint density at radius 3 is 2.25 bits per heavy atom. The first-order chi connectivity index (χ1) is 17.6. The molecule has 5 nitrogen and oxygen atoms in total. The van der Waals surface area contributed by atoms with Crippen LogP contribution in [0.1, 0.15) is 17.5 Å². The summed E-state index contributed by atoms with van der Waals surface area (Å²) in [5.74, 6) is 7.80. The molecule has 0 aromatic heterocycles. The summed E-state index contributed by atoms with van der Waals surface area (Å²) in [5.41, 5.74) is 5.78. The van der Waals surface area contributed by atoms with Gasteiger partial charge in [-0.05, 0) is 58.7 Å². The van der Waals surface area contributed by atoms with E-state index < -0.39 is 18.2 Å². The minimum absolute atomic E-state index is 0.118. The maximum atomic E-state index is 13.2. The molecule has 2 heterocycles. The van der Waals surface area contributed by atoms with Gasteiger partial charge in [-0.2, -0.15) is 0 Å². The summed E-state index contributed by atoms with van der Waals surface area (Å²) in [6, 6.07) is 26.4. The van der Waals surface area contributed by atoms with E-state index in [1.807, 2.05) is 84.9 Å². The molecule has 1 aliphatic carbocycles. The van der Waals surface area contributed by atoms with Crippen molar-refractivity contribution in [3.8, 4) is 23.3 Å². The van der Waals surface area contributed by atoms with Gasteiger partial charge in [0.05, 0.1) is 7.11 Å². The molecule has 3 atom stereocenters. The number of ether oxygens (including phenoxy) is 2. The number of β-lactam (4-membered cyclic amide) rings is 1. The first kappa shape index (κ1) is 22.2. The number of rotatable bonds is 4. The third-order valence-electron chi connectivity index (χ3n) is 7.09. The maximum Gasteiger partial charge on any atom is 0.266 e. The fraction of sp³-hybridized carbons (Fsp3) is 0.194. The second-order valence-electron chi connectivity index (χ2n) is 9.12. The molecule has 0 bridgehead atoms. The van der Waals surface area contributed by atoms with Gasteiger partial charge < -0.3 is 19.5 Å². The second kappa shape index (κ2) is 9.07. The number of amides is 1. The number of carbonyl (C=O) groups excluding carboxylic acids is 1. The molecule has 5 heteroatoms. The van der Waals surface area contributed by atoms with Crippen LogP contribution in [0, 0.1) is 11.8 Å². The van der Waals surface area contributed by atoms with E-state index in [0.717, 1.165) is 39.2 Å². The van der Waals surface area contributed by atoms with E-state index in [0.29, 0.717) is 18.7 Å². The maximum absolute atomic E-state index is 13.2. The monoisotopic (exact) mass is 475 g/mol. The highest BCUT2D eigenvalue weighted by molar-refractivity contribution is 5.93. The van der Waals surface area contributed by atoms with E-state index in [2.05, 4.69) is 11.8 Å². The topological polar surface area (TPSA) is 59.0 Å². The Bertz CT molecular complexity index is 1430. The minimum atomic E-state index is -0.888. The van der Waals surface area contributed by atoms with Gasteiger partial charge in [-0.25, -0.2) is 0 Å². The number of carbonyl (C=O) groups is 1. The Balaban J connectivity index is 1.40. The fourth-order valence-electron chi connectivity index (χ4n) is 5.16. The van der Waals surface area contributed by atoms with Crippen LogP contribution in [0.15, 0.2) is 102 Å². The number of fused-ring (bicyclic) bond motifs is 2. The van der Waals surface area contributed by atoms with Crippen LogP contribution in [0.3, 0.4) is 0 Å². The average Bonchev–Trinajstić information content (AvgIpc) is 3.00. The largest absolute Gasteiger partial charge is 0.497 e. The lowest BCUT2D eigenvalue weighted by Gasteiger charge is -2.48. The molecule has 3 aliphatic rings. The number of hydrogen-bond acceptors (Lipinski definition) is 4. The van der Waals surface area contributed by atoms with Gasteiger partial charge in [0, 0.05) is 24.1 Å². The summed E-state index contributed by atoms with van der Waals surface area (Å²) in [5, 5.41) is 11.7. The number of benzene rings is 3. The van der Waals surface area contributed by atoms with Crippen molar-refractivity contribution in [2.75, 3.05) is 13.7 Å². The average molecular weight is 476 g/mol. The first-order valence-corrected chi connectivity index (χ1v) is 12.0. The predicted molar refractivity (Wildman–Crippen MR) is 137 cm³/mol. The molecule has 0 spiro atoms. The van der Waals surface area contributed by atoms with Gasteiger partial charge in [0.2, 0.25) is 0 Å². The number of nitrogens with zero attached hydrogens (tertiary/aromatic N) is 1. The molecular weight excluding hydrogens is 450 g/mol. The molecule has 3 aromatic carbocycles. The zero-order valence-electron chi connectivity index (χ0n) is 19.8. The van der Waals surface area contributed by atoms with E-state index in [1.54, 1.807) is 12.0 Å². The lowest BCUT2D eigenvalue weighted by atomic mass is 9.77. The highest BCUT2D eigenvalue weighted by Crippen LogP contribution is 2.47. The molecule has 1 saturated heterocycles. The smallest absolute Gasteiger partial charge is 0.266 e. The number of aliphatic hydroxyl groups is 1. The predicted octanol–water partition coefficient (Wildman–Crippen LogP) is 4.23. The number of hydrogen-bond donors (Lipinski definition) is 1. The molecule has 1 N–H and O–H groups in total. The van der Waals surface area contributed by atoms with Crippen LogP contribution < -0.4 is 9.47 Å². The zero-order valence-corrected chi connectivity index (χ0v) is 19.8. The molecular formula is C31H25NO4. The molecule has 0 unspecified atom stereocenters. The standard InChI is InChI=1S/C31H25NO4/c1-35-23-16-14-21(15-17-23)27-25-18-22(13-12-20-8-4-2-5-9-20)26(25)19-32-28(29(27)33)30(31(32)34)36-24-10-6-3-7-11-24/h2-11,14-17,28-30,33H,18-19H2,1H3/t28-,29+,30+/m0/s1. The summed E-state index contributed by atoms with van der Waals surface area (Å²) >= 11 is 0. The number of para-hydroxylation sites is 1. The Kier molecular flexibility index (Phi) is 5.59. The van der Waals surface area contributed by atoms with E-state index in [1.165, 1.54) is 0 Å². The van der Waals surface area contributed by atoms with Gasteiger partial charge in [-0.15, -0.1) is 0 Å². The highest BCUT2D eigenvalue weighted by Gasteiger charge is 2.56. The zero-order chi connectivity index (χ0) is 24.6. The van der Waals surface area contributed by atoms with Crippen molar-refractivity contribution in [1.29, 1.82) is 0 Å². The summed E-state index contributed by atoms with van der Waals surface area (Å²) in [6.45, 7) is 0.420. The van der Waals surface area contributed by atoms with Gasteiger partial charge >= 0.3 is 0 Å². The van der Waals surface area contributed by atoms with Crippen molar-refractivity contribution >= 4 is 11.5 Å². The van der Waals surface area contributed by atoms with Crippen LogP contribution in [0.25, 0.3) is 5.57 Å². The van der Waals surface area contributed by atoms with Gasteiger partial charge in [-0.3, -0.25) is 4.79 Å². The molecule has 6 rings (SSSR count). The first-order valence-electron chi connectivity index (χ1n) is 12.0. The van der Waals surface area contributed by atoms with Crippen LogP contribution in [-0.2, 0) is 4.79 Å². The fourth-order valence-corrected chi connectivity index (χ4v) is 5.16. The number of aliphatic hydroxyl groups excluding tert-OH is 1. The number of methoxy groups -OCH3 is 1. The van der Waals surface area contributed by atoms with Crippen molar-refractivity contribution in [3.63, 3.8) is 0 Å². The Labute approximate surface area is 210 Å². The molecule has 2 aliphatic heterocycles. The van der Waals surface area contributed by atoms with E-state index in [4.69, 9.17) is 9.47 Å². The molecule has 36 heavy (non-hydrogen) atoms. The van der Waals surface area contributed by atoms with Crippen LogP contribution in [0.5, 0.6) is 11.5 Å². The Hall–Kier alpha value is -4.27. The molecule has 178 valence electrons. The van der Waals surface area contributed by atoms with Crippen molar-refractivity contribution in [3.05, 3.63) is 113 Å². The van der Waals surface area contributed by atoms with Gasteiger partial charge in [-0.1, -0.05) is 60.4 Å². The molecule has 1 amide bonds. The minimum Gasteiger partial charge on any atom is -0.497 e. The molecule has 1 fully saturated rings. The van der Waals surface area contributed by atoms with Gasteiger partial charge in [0.1, 0.15) is 23.6 Å². The molecule has 0 saturated carbocycles. The van der Waals surface area contributed by atoms with E-state index in [9.17, 15) is 9.90 Å². The number of allylic oxidation sites excluding steroid dienone is 1. The normalized spacial score (nSPS) is 22.3. The van der Waals surface area contributed by atoms with E-state index in [-0.39, 0.29) is 5.91 Å². The lowest BCUT2D eigenvalue weighted by Crippen LogP contribution is -2.70. The van der Waals surface area contributed by atoms with E-state index >= 15 is 0 Å². The summed E-state index contributed by atoms with van der Waals surface area (Å²) in [4.78, 5) is 14.9. The van der Waals surface area contributed by atoms with Crippen LogP contribution in [0.2, 0.25) is 0 Å². The third-order valence-corrected chi connectivity index (χ3v) is 7.09.